The van der Waals surface area contributed by atoms with Gasteiger partial charge in [-0.05, 0) is 30.5 Å². The van der Waals surface area contributed by atoms with Gasteiger partial charge in [0.2, 0.25) is 0 Å². The predicted octanol–water partition coefficient (Wildman–Crippen LogP) is 3.92. The van der Waals surface area contributed by atoms with Gasteiger partial charge in [-0.25, -0.2) is 13.8 Å². The van der Waals surface area contributed by atoms with E-state index in [9.17, 15) is 19.1 Å². The average Bonchev–Trinajstić information content (AvgIpc) is 2.96. The van der Waals surface area contributed by atoms with Gasteiger partial charge in [0.15, 0.2) is 4.88 Å². The third kappa shape index (κ3) is 4.06. The Morgan fingerprint density at radius 2 is 2.00 bits per heavy atom. The molecule has 0 aliphatic carbocycles. The number of thiophene rings is 1. The number of fused-ring (bicyclic) bond motifs is 1. The molecule has 1 N–H and O–H groups in total. The first-order chi connectivity index (χ1) is 13.8. The van der Waals surface area contributed by atoms with Gasteiger partial charge in [0, 0.05) is 42.0 Å². The number of thioether (sulfide) groups is 1. The van der Waals surface area contributed by atoms with Gasteiger partial charge in [-0.15, -0.1) is 11.8 Å². The van der Waals surface area contributed by atoms with E-state index in [1.54, 1.807) is 10.6 Å². The number of aliphatic hydroxyl groups is 1. The molecule has 1 unspecified atom stereocenters. The number of aliphatic hydroxyl groups excluding tert-OH is 1. The summed E-state index contributed by atoms with van der Waals surface area (Å²) in [6.45, 7) is 4.64. The normalized spacial score (nSPS) is 12.3. The van der Waals surface area contributed by atoms with E-state index in [-0.39, 0.29) is 29.6 Å². The molecule has 5 nitrogen and oxygen atoms in total. The number of aryl methyl sites for hydroxylation is 1. The molecule has 3 aromatic rings. The van der Waals surface area contributed by atoms with Gasteiger partial charge in [0.1, 0.15) is 17.5 Å². The zero-order valence-electron chi connectivity index (χ0n) is 17.1. The molecule has 8 heteroatoms. The van der Waals surface area contributed by atoms with Crippen LogP contribution in [-0.4, -0.2) is 26.6 Å². The van der Waals surface area contributed by atoms with E-state index in [1.807, 2.05) is 26.2 Å². The molecule has 3 rings (SSSR count). The van der Waals surface area contributed by atoms with Gasteiger partial charge < -0.3 is 5.11 Å². The van der Waals surface area contributed by atoms with Crippen molar-refractivity contribution in [3.63, 3.8) is 0 Å². The molecule has 0 amide bonds. The lowest BCUT2D eigenvalue weighted by atomic mass is 10.1. The molecule has 0 spiro atoms. The standard InChI is InChI=1S/C21H26FN2O3S2/c1-13(2)12-24-20-16(19(26)23(3)21(24)27)17(28-10-6-9-25)18(29(20)4)14-7-5-8-15(22)11-14/h5,7-8,11,13,25H,6,9-10,12H2,1-4H3/q+1. The number of aromatic nitrogens is 2. The van der Waals surface area contributed by atoms with Crippen molar-refractivity contribution in [1.29, 1.82) is 0 Å². The van der Waals surface area contributed by atoms with E-state index in [0.29, 0.717) is 24.1 Å². The zero-order chi connectivity index (χ0) is 21.3. The molecule has 0 bridgehead atoms. The molecule has 1 atom stereocenters. The topological polar surface area (TPSA) is 64.2 Å². The van der Waals surface area contributed by atoms with Crippen LogP contribution in [0, 0.1) is 11.7 Å². The van der Waals surface area contributed by atoms with Crippen LogP contribution in [0.3, 0.4) is 0 Å². The molecule has 0 radical (unpaired) electrons. The summed E-state index contributed by atoms with van der Waals surface area (Å²) in [6, 6.07) is 6.38. The van der Waals surface area contributed by atoms with Crippen LogP contribution in [0.2, 0.25) is 0 Å². The predicted molar refractivity (Wildman–Crippen MR) is 120 cm³/mol. The maximum atomic E-state index is 14.0. The summed E-state index contributed by atoms with van der Waals surface area (Å²) in [7, 11) is 0.948. The van der Waals surface area contributed by atoms with Crippen LogP contribution in [0.15, 0.2) is 38.8 Å². The molecule has 1 aromatic carbocycles. The second kappa shape index (κ2) is 8.85. The average molecular weight is 438 g/mol. The lowest BCUT2D eigenvalue weighted by molar-refractivity contribution is 0.296. The van der Waals surface area contributed by atoms with Crippen LogP contribution in [0.4, 0.5) is 4.39 Å². The fraction of sp³-hybridized carbons (Fsp3) is 0.429. The highest BCUT2D eigenvalue weighted by Gasteiger charge is 2.32. The lowest BCUT2D eigenvalue weighted by Crippen LogP contribution is -2.38. The van der Waals surface area contributed by atoms with Crippen molar-refractivity contribution in [3.8, 4) is 10.4 Å². The van der Waals surface area contributed by atoms with Crippen LogP contribution >= 0.6 is 22.2 Å². The van der Waals surface area contributed by atoms with Gasteiger partial charge >= 0.3 is 5.69 Å². The summed E-state index contributed by atoms with van der Waals surface area (Å²) >= 11 is 1.50. The minimum Gasteiger partial charge on any atom is -0.396 e. The second-order valence-electron chi connectivity index (χ2n) is 7.44. The van der Waals surface area contributed by atoms with Crippen molar-refractivity contribution >= 4 is 32.4 Å². The maximum Gasteiger partial charge on any atom is 0.334 e. The van der Waals surface area contributed by atoms with Gasteiger partial charge in [-0.1, -0.05) is 19.9 Å². The van der Waals surface area contributed by atoms with Gasteiger partial charge in [-0.2, -0.15) is 0 Å². The van der Waals surface area contributed by atoms with Crippen LogP contribution in [-0.2, 0) is 19.8 Å². The number of benzene rings is 1. The van der Waals surface area contributed by atoms with Crippen molar-refractivity contribution in [2.75, 3.05) is 12.4 Å². The number of rotatable bonds is 7. The third-order valence-corrected chi connectivity index (χ3v) is 8.08. The molecule has 2 aromatic heterocycles. The van der Waals surface area contributed by atoms with Crippen LogP contribution < -0.4 is 11.2 Å². The number of hydrogen-bond donors (Lipinski definition) is 1. The van der Waals surface area contributed by atoms with E-state index in [2.05, 4.69) is 0 Å². The molecule has 0 fully saturated rings. The molecular formula is C21H26FN2O3S2+. The van der Waals surface area contributed by atoms with E-state index < -0.39 is 10.5 Å². The first kappa shape index (κ1) is 21.8. The van der Waals surface area contributed by atoms with E-state index >= 15 is 0 Å². The lowest BCUT2D eigenvalue weighted by Gasteiger charge is -2.09. The minimum absolute atomic E-state index is 0.0606. The van der Waals surface area contributed by atoms with Crippen molar-refractivity contribution in [3.05, 3.63) is 50.9 Å². The maximum absolute atomic E-state index is 14.0. The Labute approximate surface area is 175 Å². The third-order valence-electron chi connectivity index (χ3n) is 4.71. The minimum atomic E-state index is -0.558. The smallest absolute Gasteiger partial charge is 0.334 e. The summed E-state index contributed by atoms with van der Waals surface area (Å²) < 4.78 is 16.9. The van der Waals surface area contributed by atoms with Crippen LogP contribution in [0.25, 0.3) is 20.7 Å². The summed E-state index contributed by atoms with van der Waals surface area (Å²) in [5.74, 6) is 0.526. The van der Waals surface area contributed by atoms with Crippen molar-refractivity contribution in [2.45, 2.75) is 31.7 Å². The summed E-state index contributed by atoms with van der Waals surface area (Å²) in [4.78, 5) is 28.5. The Balaban J connectivity index is 2.45. The Morgan fingerprint density at radius 3 is 2.62 bits per heavy atom. The summed E-state index contributed by atoms with van der Waals surface area (Å²) in [5.41, 5.74) is 0.0911. The molecule has 0 saturated carbocycles. The van der Waals surface area contributed by atoms with E-state index in [1.165, 1.54) is 35.5 Å². The fourth-order valence-corrected chi connectivity index (χ4v) is 7.16. The molecule has 0 aliphatic rings. The van der Waals surface area contributed by atoms with Crippen molar-refractivity contribution in [1.82, 2.24) is 9.13 Å². The molecule has 0 aliphatic heterocycles. The Morgan fingerprint density at radius 1 is 1.28 bits per heavy atom. The zero-order valence-corrected chi connectivity index (χ0v) is 18.7. The van der Waals surface area contributed by atoms with E-state index in [0.717, 1.165) is 20.2 Å². The Kier molecular flexibility index (Phi) is 6.65. The summed E-state index contributed by atoms with van der Waals surface area (Å²) in [6.07, 6.45) is 2.58. The highest BCUT2D eigenvalue weighted by atomic mass is 32.2. The number of halogens is 1. The highest BCUT2D eigenvalue weighted by molar-refractivity contribution is 7.99. The van der Waals surface area contributed by atoms with Gasteiger partial charge in [0.25, 0.3) is 10.4 Å². The number of hydrogen-bond acceptors (Lipinski definition) is 4. The number of nitrogens with zero attached hydrogens (tertiary/aromatic N) is 2. The molecular weight excluding hydrogens is 411 g/mol. The van der Waals surface area contributed by atoms with Gasteiger partial charge in [-0.3, -0.25) is 9.36 Å². The first-order valence-corrected chi connectivity index (χ1v) is 12.1. The molecule has 0 saturated heterocycles. The summed E-state index contributed by atoms with van der Waals surface area (Å²) in [5, 5.41) is 9.74. The SMILES string of the molecule is CC(C)Cn1c(=O)n(C)c(=O)c2c(SCCCO)c(-c3cccc(F)c3)[s+](C)c21. The monoisotopic (exact) mass is 437 g/mol. The first-order valence-electron chi connectivity index (χ1n) is 9.51. The van der Waals surface area contributed by atoms with Gasteiger partial charge in [0.05, 0.1) is 4.90 Å². The largest absolute Gasteiger partial charge is 0.396 e. The second-order valence-corrected chi connectivity index (χ2v) is 10.4. The van der Waals surface area contributed by atoms with E-state index in [4.69, 9.17) is 0 Å². The highest BCUT2D eigenvalue weighted by Crippen LogP contribution is 2.48. The Hall–Kier alpha value is -1.90. The molecule has 29 heavy (non-hydrogen) atoms. The fourth-order valence-electron chi connectivity index (χ4n) is 3.45. The van der Waals surface area contributed by atoms with Crippen molar-refractivity contribution < 1.29 is 9.50 Å². The quantitative estimate of drug-likeness (QED) is 0.346. The van der Waals surface area contributed by atoms with Crippen molar-refractivity contribution in [2.24, 2.45) is 19.2 Å². The molecule has 2 heterocycles. The van der Waals surface area contributed by atoms with Crippen LogP contribution in [0.5, 0.6) is 0 Å². The molecule has 156 valence electrons. The van der Waals surface area contributed by atoms with Crippen LogP contribution in [0.1, 0.15) is 20.3 Å². The Bertz CT molecular complexity index is 1160.